The number of hydrogen-bond acceptors (Lipinski definition) is 3. The van der Waals surface area contributed by atoms with Gasteiger partial charge in [0.25, 0.3) is 0 Å². The van der Waals surface area contributed by atoms with Crippen molar-refractivity contribution in [2.75, 3.05) is 0 Å². The number of nitrogens with two attached hydrogens (primary N) is 1. The fourth-order valence-corrected chi connectivity index (χ4v) is 0.797. The van der Waals surface area contributed by atoms with Crippen LogP contribution in [-0.2, 0) is 0 Å². The number of hydrogen-bond donors (Lipinski definition) is 1. The van der Waals surface area contributed by atoms with Gasteiger partial charge in [0.2, 0.25) is 0 Å². The first-order chi connectivity index (χ1) is 5.27. The maximum atomic E-state index is 8.50. The van der Waals surface area contributed by atoms with Crippen LogP contribution >= 0.6 is 0 Å². The van der Waals surface area contributed by atoms with Crippen molar-refractivity contribution in [3.05, 3.63) is 29.3 Å². The van der Waals surface area contributed by atoms with Crippen LogP contribution in [0.3, 0.4) is 0 Å². The van der Waals surface area contributed by atoms with Gasteiger partial charge in [-0.3, -0.25) is 0 Å². The molecule has 0 aliphatic rings. The molecule has 0 aliphatic heterocycles. The van der Waals surface area contributed by atoms with Crippen LogP contribution in [0.4, 0.5) is 0 Å². The van der Waals surface area contributed by atoms with E-state index in [1.54, 1.807) is 18.2 Å². The Morgan fingerprint density at radius 2 is 2.27 bits per heavy atom. The second kappa shape index (κ2) is 3.04. The van der Waals surface area contributed by atoms with Crippen molar-refractivity contribution in [3.8, 4) is 11.8 Å². The molecule has 0 radical (unpaired) electrons. The predicted octanol–water partition coefficient (Wildman–Crippen LogP) is 1.12. The zero-order valence-electron chi connectivity index (χ0n) is 6.16. The van der Waals surface area contributed by atoms with Gasteiger partial charge in [-0.2, -0.15) is 11.2 Å². The summed E-state index contributed by atoms with van der Waals surface area (Å²) in [6.07, 6.45) is 0. The first-order valence-electron chi connectivity index (χ1n) is 3.15. The summed E-state index contributed by atoms with van der Waals surface area (Å²) in [5.41, 5.74) is 1.47. The van der Waals surface area contributed by atoms with E-state index in [4.69, 9.17) is 11.2 Å². The molecule has 0 saturated heterocycles. The van der Waals surface area contributed by atoms with E-state index in [1.165, 1.54) is 0 Å². The van der Waals surface area contributed by atoms with Crippen LogP contribution < -0.4 is 10.7 Å². The molecule has 0 unspecified atom stereocenters. The van der Waals surface area contributed by atoms with E-state index >= 15 is 0 Å². The van der Waals surface area contributed by atoms with Gasteiger partial charge in [-0.25, -0.2) is 0 Å². The molecule has 0 amide bonds. The molecule has 3 heteroatoms. The standard InChI is InChI=1S/C8H8N2O/c1-6-2-3-7(5-9)4-8(6)11-10/h2-4H,10H2,1H3. The normalized spacial score (nSPS) is 8.82. The maximum absolute atomic E-state index is 8.50. The molecular weight excluding hydrogens is 140 g/mol. The number of nitrogens with zero attached hydrogens (tertiary/aromatic N) is 1. The van der Waals surface area contributed by atoms with Gasteiger partial charge in [-0.05, 0) is 18.6 Å². The number of rotatable bonds is 1. The molecule has 1 rings (SSSR count). The van der Waals surface area contributed by atoms with Gasteiger partial charge in [-0.1, -0.05) is 6.07 Å². The Kier molecular flexibility index (Phi) is 2.09. The highest BCUT2D eigenvalue weighted by molar-refractivity contribution is 5.41. The highest BCUT2D eigenvalue weighted by Crippen LogP contribution is 2.17. The first-order valence-corrected chi connectivity index (χ1v) is 3.15. The third kappa shape index (κ3) is 1.48. The van der Waals surface area contributed by atoms with Crippen LogP contribution in [0.25, 0.3) is 0 Å². The van der Waals surface area contributed by atoms with Crippen LogP contribution in [0.5, 0.6) is 5.75 Å². The van der Waals surface area contributed by atoms with Gasteiger partial charge < -0.3 is 4.84 Å². The Labute approximate surface area is 65.0 Å². The Morgan fingerprint density at radius 3 is 2.82 bits per heavy atom. The van der Waals surface area contributed by atoms with Crippen molar-refractivity contribution in [3.63, 3.8) is 0 Å². The minimum Gasteiger partial charge on any atom is -0.411 e. The fraction of sp³-hybridized carbons (Fsp3) is 0.125. The third-order valence-corrected chi connectivity index (χ3v) is 1.44. The summed E-state index contributed by atoms with van der Waals surface area (Å²) in [5.74, 6) is 5.51. The Morgan fingerprint density at radius 1 is 1.55 bits per heavy atom. The van der Waals surface area contributed by atoms with Gasteiger partial charge in [0.05, 0.1) is 11.6 Å². The summed E-state index contributed by atoms with van der Waals surface area (Å²) in [4.78, 5) is 4.54. The van der Waals surface area contributed by atoms with Crippen molar-refractivity contribution >= 4 is 0 Å². The summed E-state index contributed by atoms with van der Waals surface area (Å²) >= 11 is 0. The average molecular weight is 148 g/mol. The van der Waals surface area contributed by atoms with E-state index in [1.807, 2.05) is 13.0 Å². The molecule has 0 heterocycles. The molecule has 0 saturated carbocycles. The first kappa shape index (κ1) is 7.58. The minimum atomic E-state index is 0.545. The lowest BCUT2D eigenvalue weighted by atomic mass is 10.1. The van der Waals surface area contributed by atoms with Crippen LogP contribution in [0.2, 0.25) is 0 Å². The summed E-state index contributed by atoms with van der Waals surface area (Å²) in [5, 5.41) is 8.50. The van der Waals surface area contributed by atoms with Crippen molar-refractivity contribution in [2.45, 2.75) is 6.92 Å². The summed E-state index contributed by atoms with van der Waals surface area (Å²) < 4.78 is 0. The second-order valence-corrected chi connectivity index (χ2v) is 2.21. The van der Waals surface area contributed by atoms with Crippen molar-refractivity contribution in [2.24, 2.45) is 5.90 Å². The Balaban J connectivity index is 3.15. The molecule has 3 nitrogen and oxygen atoms in total. The Bertz CT molecular complexity index is 301. The SMILES string of the molecule is Cc1ccc(C#N)cc1ON. The molecule has 2 N–H and O–H groups in total. The molecule has 1 aromatic carbocycles. The lowest BCUT2D eigenvalue weighted by Gasteiger charge is -2.01. The highest BCUT2D eigenvalue weighted by Gasteiger charge is 1.98. The van der Waals surface area contributed by atoms with E-state index < -0.39 is 0 Å². The molecule has 0 atom stereocenters. The second-order valence-electron chi connectivity index (χ2n) is 2.21. The minimum absolute atomic E-state index is 0.545. The van der Waals surface area contributed by atoms with Gasteiger partial charge in [0, 0.05) is 6.07 Å². The van der Waals surface area contributed by atoms with Crippen molar-refractivity contribution in [1.29, 1.82) is 5.26 Å². The van der Waals surface area contributed by atoms with Crippen molar-refractivity contribution in [1.82, 2.24) is 0 Å². The van der Waals surface area contributed by atoms with E-state index in [0.717, 1.165) is 5.56 Å². The average Bonchev–Trinajstić information content (AvgIpc) is 2.05. The van der Waals surface area contributed by atoms with Crippen LogP contribution in [0.15, 0.2) is 18.2 Å². The predicted molar refractivity (Wildman–Crippen MR) is 40.7 cm³/mol. The molecule has 11 heavy (non-hydrogen) atoms. The third-order valence-electron chi connectivity index (χ3n) is 1.44. The van der Waals surface area contributed by atoms with Gasteiger partial charge >= 0.3 is 0 Å². The lowest BCUT2D eigenvalue weighted by molar-refractivity contribution is 0.332. The number of benzene rings is 1. The lowest BCUT2D eigenvalue weighted by Crippen LogP contribution is -2.03. The van der Waals surface area contributed by atoms with E-state index in [-0.39, 0.29) is 0 Å². The number of aryl methyl sites for hydroxylation is 1. The summed E-state index contributed by atoms with van der Waals surface area (Å²) in [6.45, 7) is 1.86. The highest BCUT2D eigenvalue weighted by atomic mass is 16.6. The smallest absolute Gasteiger partial charge is 0.151 e. The molecule has 0 aliphatic carbocycles. The maximum Gasteiger partial charge on any atom is 0.151 e. The molecule has 56 valence electrons. The monoisotopic (exact) mass is 148 g/mol. The molecule has 0 spiro atoms. The van der Waals surface area contributed by atoms with E-state index in [2.05, 4.69) is 4.84 Å². The zero-order valence-corrected chi connectivity index (χ0v) is 6.16. The number of nitriles is 1. The topological polar surface area (TPSA) is 59.0 Å². The molecule has 0 bridgehead atoms. The van der Waals surface area contributed by atoms with Crippen LogP contribution in [0, 0.1) is 18.3 Å². The molecular formula is C8H8N2O. The largest absolute Gasteiger partial charge is 0.411 e. The Hall–Kier alpha value is -1.53. The van der Waals surface area contributed by atoms with Gasteiger partial charge in [-0.15, -0.1) is 0 Å². The van der Waals surface area contributed by atoms with E-state index in [9.17, 15) is 0 Å². The fourth-order valence-electron chi connectivity index (χ4n) is 0.797. The molecule has 1 aromatic rings. The summed E-state index contributed by atoms with van der Waals surface area (Å²) in [7, 11) is 0. The van der Waals surface area contributed by atoms with Crippen LogP contribution in [-0.4, -0.2) is 0 Å². The molecule has 0 fully saturated rings. The van der Waals surface area contributed by atoms with Gasteiger partial charge in [0.15, 0.2) is 5.75 Å². The van der Waals surface area contributed by atoms with Crippen LogP contribution in [0.1, 0.15) is 11.1 Å². The quantitative estimate of drug-likeness (QED) is 0.607. The van der Waals surface area contributed by atoms with E-state index in [0.29, 0.717) is 11.3 Å². The van der Waals surface area contributed by atoms with Gasteiger partial charge in [0.1, 0.15) is 0 Å². The zero-order chi connectivity index (χ0) is 8.27. The summed E-state index contributed by atoms with van der Waals surface area (Å²) in [6, 6.07) is 7.11. The van der Waals surface area contributed by atoms with Crippen molar-refractivity contribution < 1.29 is 4.84 Å². The molecule has 0 aromatic heterocycles.